The van der Waals surface area contributed by atoms with Crippen molar-refractivity contribution in [2.45, 2.75) is 43.4 Å². The van der Waals surface area contributed by atoms with Gasteiger partial charge in [0.25, 0.3) is 0 Å². The zero-order valence-corrected chi connectivity index (χ0v) is 14.1. The van der Waals surface area contributed by atoms with Gasteiger partial charge in [-0.15, -0.1) is 10.2 Å². The lowest BCUT2D eigenvalue weighted by Crippen LogP contribution is -2.22. The van der Waals surface area contributed by atoms with Gasteiger partial charge in [0.2, 0.25) is 0 Å². The van der Waals surface area contributed by atoms with Gasteiger partial charge in [0.1, 0.15) is 6.10 Å². The van der Waals surface area contributed by atoms with E-state index in [1.807, 2.05) is 41.9 Å². The Balaban J connectivity index is 1.56. The van der Waals surface area contributed by atoms with Crippen molar-refractivity contribution >= 4 is 17.7 Å². The number of carbonyl (C=O) groups excluding carboxylic acids is 1. The highest BCUT2D eigenvalue weighted by Gasteiger charge is 2.19. The topological polar surface area (TPSA) is 57.0 Å². The molecule has 0 bridgehead atoms. The van der Waals surface area contributed by atoms with E-state index in [9.17, 15) is 4.79 Å². The first-order valence-electron chi connectivity index (χ1n) is 8.01. The van der Waals surface area contributed by atoms with Crippen LogP contribution in [0.15, 0.2) is 35.5 Å². The molecule has 0 spiro atoms. The molecule has 0 amide bonds. The second-order valence-corrected chi connectivity index (χ2v) is 6.71. The zero-order valence-electron chi connectivity index (χ0n) is 13.3. The Hall–Kier alpha value is -1.82. The van der Waals surface area contributed by atoms with Crippen LogP contribution in [0.2, 0.25) is 0 Å². The van der Waals surface area contributed by atoms with E-state index in [1.54, 1.807) is 0 Å². The zero-order chi connectivity index (χ0) is 16.1. The maximum absolute atomic E-state index is 12.0. The van der Waals surface area contributed by atoms with Gasteiger partial charge < -0.3 is 9.30 Å². The smallest absolute Gasteiger partial charge is 0.316 e. The average Bonchev–Trinajstić information content (AvgIpc) is 2.95. The first-order chi connectivity index (χ1) is 11.2. The Labute approximate surface area is 140 Å². The molecule has 0 N–H and O–H groups in total. The van der Waals surface area contributed by atoms with Crippen molar-refractivity contribution in [3.05, 3.63) is 30.3 Å². The molecule has 0 radical (unpaired) electrons. The summed E-state index contributed by atoms with van der Waals surface area (Å²) in [5.41, 5.74) is 1.01. The number of ether oxygens (including phenoxy) is 1. The van der Waals surface area contributed by atoms with E-state index >= 15 is 0 Å². The van der Waals surface area contributed by atoms with Crippen molar-refractivity contribution in [2.75, 3.05) is 5.75 Å². The highest BCUT2D eigenvalue weighted by Crippen LogP contribution is 2.24. The molecule has 0 saturated heterocycles. The van der Waals surface area contributed by atoms with Gasteiger partial charge in [0.15, 0.2) is 11.0 Å². The highest BCUT2D eigenvalue weighted by molar-refractivity contribution is 7.99. The summed E-state index contributed by atoms with van der Waals surface area (Å²) < 4.78 is 7.44. The van der Waals surface area contributed by atoms with Crippen molar-refractivity contribution in [3.63, 3.8) is 0 Å². The highest BCUT2D eigenvalue weighted by atomic mass is 32.2. The van der Waals surface area contributed by atoms with Gasteiger partial charge in [-0.2, -0.15) is 0 Å². The molecule has 5 nitrogen and oxygen atoms in total. The van der Waals surface area contributed by atoms with E-state index in [0.29, 0.717) is 0 Å². The molecule has 1 fully saturated rings. The maximum atomic E-state index is 12.0. The Morgan fingerprint density at radius 3 is 2.70 bits per heavy atom. The summed E-state index contributed by atoms with van der Waals surface area (Å²) in [6.07, 6.45) is 5.68. The summed E-state index contributed by atoms with van der Waals surface area (Å²) in [5, 5.41) is 9.12. The minimum atomic E-state index is -0.161. The fourth-order valence-electron chi connectivity index (χ4n) is 2.81. The van der Waals surface area contributed by atoms with Gasteiger partial charge in [-0.25, -0.2) is 0 Å². The quantitative estimate of drug-likeness (QED) is 0.620. The van der Waals surface area contributed by atoms with E-state index in [0.717, 1.165) is 42.2 Å². The van der Waals surface area contributed by atoms with Gasteiger partial charge in [-0.05, 0) is 25.7 Å². The molecule has 0 aliphatic heterocycles. The average molecular weight is 331 g/mol. The van der Waals surface area contributed by atoms with Crippen molar-refractivity contribution in [1.82, 2.24) is 14.8 Å². The van der Waals surface area contributed by atoms with Crippen molar-refractivity contribution in [2.24, 2.45) is 7.05 Å². The number of aromatic nitrogens is 3. The minimum Gasteiger partial charge on any atom is -0.462 e. The number of esters is 1. The van der Waals surface area contributed by atoms with Gasteiger partial charge >= 0.3 is 5.97 Å². The normalized spacial score (nSPS) is 15.5. The van der Waals surface area contributed by atoms with E-state index in [1.165, 1.54) is 18.2 Å². The van der Waals surface area contributed by atoms with Crippen LogP contribution in [0.5, 0.6) is 0 Å². The fraction of sp³-hybridized carbons (Fsp3) is 0.471. The molecule has 6 heteroatoms. The molecule has 23 heavy (non-hydrogen) atoms. The summed E-state index contributed by atoms with van der Waals surface area (Å²) in [4.78, 5) is 12.0. The molecule has 3 rings (SSSR count). The molecular formula is C17H21N3O2S. The third-order valence-corrected chi connectivity index (χ3v) is 5.03. The van der Waals surface area contributed by atoms with E-state index in [-0.39, 0.29) is 17.8 Å². The molecule has 1 aliphatic rings. The lowest BCUT2D eigenvalue weighted by atomic mass is 9.98. The van der Waals surface area contributed by atoms with Crippen LogP contribution in [-0.2, 0) is 16.6 Å². The molecule has 0 atom stereocenters. The third kappa shape index (κ3) is 4.13. The monoisotopic (exact) mass is 331 g/mol. The molecule has 1 aliphatic carbocycles. The first kappa shape index (κ1) is 16.1. The molecule has 1 aromatic heterocycles. The number of thioether (sulfide) groups is 1. The summed E-state index contributed by atoms with van der Waals surface area (Å²) in [5.74, 6) is 0.914. The molecule has 122 valence electrons. The van der Waals surface area contributed by atoms with Crippen molar-refractivity contribution < 1.29 is 9.53 Å². The van der Waals surface area contributed by atoms with Crippen LogP contribution in [0.3, 0.4) is 0 Å². The number of benzene rings is 1. The molecule has 1 saturated carbocycles. The first-order valence-corrected chi connectivity index (χ1v) is 8.99. The number of hydrogen-bond acceptors (Lipinski definition) is 5. The molecule has 1 aromatic carbocycles. The van der Waals surface area contributed by atoms with Gasteiger partial charge in [-0.1, -0.05) is 48.5 Å². The molecule has 2 aromatic rings. The van der Waals surface area contributed by atoms with Crippen LogP contribution >= 0.6 is 11.8 Å². The summed E-state index contributed by atoms with van der Waals surface area (Å²) in [7, 11) is 1.91. The van der Waals surface area contributed by atoms with Crippen molar-refractivity contribution in [1.29, 1.82) is 0 Å². The second kappa shape index (κ2) is 7.64. The third-order valence-electron chi connectivity index (χ3n) is 4.04. The standard InChI is InChI=1S/C17H21N3O2S/c1-20-16(13-8-4-2-5-9-13)18-19-17(20)23-12-15(21)22-14-10-6-3-7-11-14/h2,4-5,8-9,14H,3,6-7,10-12H2,1H3. The van der Waals surface area contributed by atoms with Crippen LogP contribution in [0, 0.1) is 0 Å². The summed E-state index contributed by atoms with van der Waals surface area (Å²) in [6.45, 7) is 0. The van der Waals surface area contributed by atoms with Gasteiger partial charge in [0.05, 0.1) is 5.75 Å². The number of nitrogens with zero attached hydrogens (tertiary/aromatic N) is 3. The predicted octanol–water partition coefficient (Wildman–Crippen LogP) is 3.45. The number of carbonyl (C=O) groups is 1. The Bertz CT molecular complexity index is 651. The Morgan fingerprint density at radius 2 is 1.96 bits per heavy atom. The Morgan fingerprint density at radius 1 is 1.22 bits per heavy atom. The second-order valence-electron chi connectivity index (χ2n) is 5.77. The van der Waals surface area contributed by atoms with E-state index < -0.39 is 0 Å². The Kier molecular flexibility index (Phi) is 5.33. The van der Waals surface area contributed by atoms with Gasteiger partial charge in [0, 0.05) is 12.6 Å². The van der Waals surface area contributed by atoms with Crippen LogP contribution in [0.1, 0.15) is 32.1 Å². The lowest BCUT2D eigenvalue weighted by Gasteiger charge is -2.21. The van der Waals surface area contributed by atoms with Crippen LogP contribution in [0.25, 0.3) is 11.4 Å². The minimum absolute atomic E-state index is 0.108. The largest absolute Gasteiger partial charge is 0.462 e. The van der Waals surface area contributed by atoms with Crippen LogP contribution in [0.4, 0.5) is 0 Å². The maximum Gasteiger partial charge on any atom is 0.316 e. The van der Waals surface area contributed by atoms with Gasteiger partial charge in [-0.3, -0.25) is 4.79 Å². The van der Waals surface area contributed by atoms with Crippen LogP contribution in [-0.4, -0.2) is 32.6 Å². The fourth-order valence-corrected chi connectivity index (χ4v) is 3.50. The molecular weight excluding hydrogens is 310 g/mol. The van der Waals surface area contributed by atoms with E-state index in [2.05, 4.69) is 10.2 Å². The molecule has 1 heterocycles. The summed E-state index contributed by atoms with van der Waals surface area (Å²) in [6, 6.07) is 9.90. The van der Waals surface area contributed by atoms with Crippen molar-refractivity contribution in [3.8, 4) is 11.4 Å². The van der Waals surface area contributed by atoms with Crippen LogP contribution < -0.4 is 0 Å². The lowest BCUT2D eigenvalue weighted by molar-refractivity contribution is -0.147. The predicted molar refractivity (Wildman–Crippen MR) is 90.1 cm³/mol. The SMILES string of the molecule is Cn1c(SCC(=O)OC2CCCCC2)nnc1-c1ccccc1. The number of rotatable bonds is 5. The molecule has 0 unspecified atom stereocenters. The van der Waals surface area contributed by atoms with E-state index in [4.69, 9.17) is 4.74 Å². The number of hydrogen-bond donors (Lipinski definition) is 0. The summed E-state index contributed by atoms with van der Waals surface area (Å²) >= 11 is 1.37.